The Morgan fingerprint density at radius 2 is 2.00 bits per heavy atom. The van der Waals surface area contributed by atoms with Gasteiger partial charge in [-0.1, -0.05) is 6.07 Å². The van der Waals surface area contributed by atoms with Gasteiger partial charge < -0.3 is 10.1 Å². The molecule has 0 spiro atoms. The number of carbonyl (C=O) groups excluding carboxylic acids is 1. The van der Waals surface area contributed by atoms with E-state index < -0.39 is 15.9 Å². The fraction of sp³-hybridized carbons (Fsp3) is 0.250. The molecule has 0 radical (unpaired) electrons. The van der Waals surface area contributed by atoms with E-state index in [1.165, 1.54) is 32.4 Å². The fourth-order valence-electron chi connectivity index (χ4n) is 1.83. The number of sulfonamides is 1. The summed E-state index contributed by atoms with van der Waals surface area (Å²) in [5.74, 6) is 0.0923. The van der Waals surface area contributed by atoms with Crippen LogP contribution in [0.4, 0.5) is 5.69 Å². The first-order chi connectivity index (χ1) is 11.3. The molecule has 1 aromatic heterocycles. The van der Waals surface area contributed by atoms with Gasteiger partial charge in [-0.15, -0.1) is 0 Å². The lowest BCUT2D eigenvalue weighted by atomic mass is 10.3. The van der Waals surface area contributed by atoms with Gasteiger partial charge >= 0.3 is 0 Å². The third kappa shape index (κ3) is 4.53. The van der Waals surface area contributed by atoms with Gasteiger partial charge in [-0.3, -0.25) is 9.78 Å². The summed E-state index contributed by atoms with van der Waals surface area (Å²) in [6.45, 7) is 1.65. The third-order valence-corrected chi connectivity index (χ3v) is 4.96. The van der Waals surface area contributed by atoms with E-state index in [1.54, 1.807) is 24.3 Å². The number of pyridine rings is 1. The molecule has 0 bridgehead atoms. The molecule has 0 unspecified atom stereocenters. The summed E-state index contributed by atoms with van der Waals surface area (Å²) >= 11 is 0. The van der Waals surface area contributed by atoms with Gasteiger partial charge in [0.2, 0.25) is 10.0 Å². The van der Waals surface area contributed by atoms with Crippen molar-refractivity contribution in [3.8, 4) is 5.75 Å². The van der Waals surface area contributed by atoms with E-state index in [0.717, 1.165) is 10.00 Å². The monoisotopic (exact) mass is 349 g/mol. The van der Waals surface area contributed by atoms with Crippen LogP contribution in [0, 0.1) is 6.92 Å². The molecule has 0 atom stereocenters. The van der Waals surface area contributed by atoms with Crippen molar-refractivity contribution in [2.75, 3.05) is 26.0 Å². The molecular weight excluding hydrogens is 330 g/mol. The molecule has 0 fully saturated rings. The van der Waals surface area contributed by atoms with Crippen molar-refractivity contribution >= 4 is 21.6 Å². The minimum absolute atomic E-state index is 0.106. The number of aryl methyl sites for hydroxylation is 1. The van der Waals surface area contributed by atoms with E-state index in [-0.39, 0.29) is 11.5 Å². The summed E-state index contributed by atoms with van der Waals surface area (Å²) in [6, 6.07) is 9.56. The van der Waals surface area contributed by atoms with Crippen molar-refractivity contribution in [2.24, 2.45) is 0 Å². The Bertz CT molecular complexity index is 817. The average Bonchev–Trinajstić information content (AvgIpc) is 2.54. The number of amides is 1. The minimum atomic E-state index is -3.55. The number of rotatable bonds is 6. The number of ether oxygens (including phenoxy) is 1. The molecule has 0 aliphatic rings. The fourth-order valence-corrected chi connectivity index (χ4v) is 2.78. The number of benzene rings is 1. The minimum Gasteiger partial charge on any atom is -0.482 e. The maximum absolute atomic E-state index is 12.1. The van der Waals surface area contributed by atoms with Crippen LogP contribution in [0.3, 0.4) is 0 Å². The van der Waals surface area contributed by atoms with Crippen LogP contribution in [-0.4, -0.2) is 44.3 Å². The lowest BCUT2D eigenvalue weighted by Gasteiger charge is -2.13. The molecule has 0 saturated carbocycles. The van der Waals surface area contributed by atoms with E-state index >= 15 is 0 Å². The van der Waals surface area contributed by atoms with E-state index in [0.29, 0.717) is 11.4 Å². The number of hydrogen-bond donors (Lipinski definition) is 1. The van der Waals surface area contributed by atoms with Crippen LogP contribution in [-0.2, 0) is 14.8 Å². The molecule has 1 amide bonds. The Hall–Kier alpha value is -2.45. The molecule has 0 saturated heterocycles. The zero-order chi connectivity index (χ0) is 17.7. The van der Waals surface area contributed by atoms with Crippen LogP contribution in [0.2, 0.25) is 0 Å². The molecule has 1 aromatic carbocycles. The lowest BCUT2D eigenvalue weighted by molar-refractivity contribution is -0.118. The number of aromatic nitrogens is 1. The van der Waals surface area contributed by atoms with Crippen molar-refractivity contribution in [2.45, 2.75) is 11.8 Å². The lowest BCUT2D eigenvalue weighted by Crippen LogP contribution is -2.23. The zero-order valence-electron chi connectivity index (χ0n) is 13.7. The summed E-state index contributed by atoms with van der Waals surface area (Å²) in [4.78, 5) is 16.1. The van der Waals surface area contributed by atoms with Crippen LogP contribution in [0.1, 0.15) is 5.69 Å². The van der Waals surface area contributed by atoms with Gasteiger partial charge in [-0.25, -0.2) is 12.7 Å². The quantitative estimate of drug-likeness (QED) is 0.857. The molecule has 8 heteroatoms. The van der Waals surface area contributed by atoms with E-state index in [1.807, 2.05) is 6.92 Å². The van der Waals surface area contributed by atoms with E-state index in [2.05, 4.69) is 10.3 Å². The Labute approximate surface area is 141 Å². The highest BCUT2D eigenvalue weighted by Gasteiger charge is 2.17. The van der Waals surface area contributed by atoms with Gasteiger partial charge in [-0.05, 0) is 37.3 Å². The summed E-state index contributed by atoms with van der Waals surface area (Å²) in [7, 11) is -0.655. The number of anilines is 1. The van der Waals surface area contributed by atoms with Gasteiger partial charge in [0.25, 0.3) is 5.91 Å². The van der Waals surface area contributed by atoms with Crippen LogP contribution in [0.5, 0.6) is 5.75 Å². The standard InChI is InChI=1S/C16H19N3O4S/c1-12-7-8-14(10-17-12)23-11-16(20)18-13-5-4-6-15(9-13)24(21,22)19(2)3/h4-10H,11H2,1-3H3,(H,18,20). The van der Waals surface area contributed by atoms with E-state index in [9.17, 15) is 13.2 Å². The average molecular weight is 349 g/mol. The topological polar surface area (TPSA) is 88.6 Å². The highest BCUT2D eigenvalue weighted by atomic mass is 32.2. The van der Waals surface area contributed by atoms with Gasteiger partial charge in [0, 0.05) is 25.5 Å². The predicted octanol–water partition coefficient (Wildman–Crippen LogP) is 1.66. The van der Waals surface area contributed by atoms with Crippen molar-refractivity contribution in [3.63, 3.8) is 0 Å². The summed E-state index contributed by atoms with van der Waals surface area (Å²) in [6.07, 6.45) is 1.53. The van der Waals surface area contributed by atoms with Crippen LogP contribution in [0.15, 0.2) is 47.5 Å². The van der Waals surface area contributed by atoms with Crippen LogP contribution < -0.4 is 10.1 Å². The van der Waals surface area contributed by atoms with Crippen molar-refractivity contribution in [3.05, 3.63) is 48.3 Å². The number of nitrogens with one attached hydrogen (secondary N) is 1. The zero-order valence-corrected chi connectivity index (χ0v) is 14.5. The number of nitrogens with zero attached hydrogens (tertiary/aromatic N) is 2. The van der Waals surface area contributed by atoms with Crippen molar-refractivity contribution in [1.82, 2.24) is 9.29 Å². The first kappa shape index (κ1) is 17.9. The number of hydrogen-bond acceptors (Lipinski definition) is 5. The highest BCUT2D eigenvalue weighted by molar-refractivity contribution is 7.89. The first-order valence-corrected chi connectivity index (χ1v) is 8.61. The second kappa shape index (κ2) is 7.41. The summed E-state index contributed by atoms with van der Waals surface area (Å²) in [5.41, 5.74) is 1.24. The maximum atomic E-state index is 12.1. The summed E-state index contributed by atoms with van der Waals surface area (Å²) in [5, 5.41) is 2.61. The molecular formula is C16H19N3O4S. The molecule has 7 nitrogen and oxygen atoms in total. The maximum Gasteiger partial charge on any atom is 0.262 e. The van der Waals surface area contributed by atoms with Gasteiger partial charge in [0.05, 0.1) is 11.1 Å². The summed E-state index contributed by atoms with van der Waals surface area (Å²) < 4.78 is 30.6. The van der Waals surface area contributed by atoms with E-state index in [4.69, 9.17) is 4.74 Å². The molecule has 0 aliphatic heterocycles. The SMILES string of the molecule is Cc1ccc(OCC(=O)Nc2cccc(S(=O)(=O)N(C)C)c2)cn1. The Balaban J connectivity index is 2.00. The smallest absolute Gasteiger partial charge is 0.262 e. The molecule has 1 heterocycles. The highest BCUT2D eigenvalue weighted by Crippen LogP contribution is 2.18. The first-order valence-electron chi connectivity index (χ1n) is 7.17. The predicted molar refractivity (Wildman–Crippen MR) is 90.4 cm³/mol. The van der Waals surface area contributed by atoms with Crippen LogP contribution in [0.25, 0.3) is 0 Å². The van der Waals surface area contributed by atoms with Gasteiger partial charge in [0.1, 0.15) is 5.75 Å². The number of carbonyl (C=O) groups is 1. The largest absolute Gasteiger partial charge is 0.482 e. The Kier molecular flexibility index (Phi) is 5.53. The van der Waals surface area contributed by atoms with Crippen molar-refractivity contribution in [1.29, 1.82) is 0 Å². The van der Waals surface area contributed by atoms with Gasteiger partial charge in [0.15, 0.2) is 6.61 Å². The molecule has 2 rings (SSSR count). The second-order valence-corrected chi connectivity index (χ2v) is 7.44. The molecule has 1 N–H and O–H groups in total. The molecule has 2 aromatic rings. The molecule has 24 heavy (non-hydrogen) atoms. The van der Waals surface area contributed by atoms with Crippen molar-refractivity contribution < 1.29 is 17.9 Å². The Morgan fingerprint density at radius 1 is 1.25 bits per heavy atom. The Morgan fingerprint density at radius 3 is 2.62 bits per heavy atom. The van der Waals surface area contributed by atoms with Crippen LogP contribution >= 0.6 is 0 Å². The third-order valence-electron chi connectivity index (χ3n) is 3.15. The normalized spacial score (nSPS) is 11.3. The molecule has 128 valence electrons. The molecule has 0 aliphatic carbocycles. The second-order valence-electron chi connectivity index (χ2n) is 5.29. The van der Waals surface area contributed by atoms with Gasteiger partial charge in [-0.2, -0.15) is 0 Å².